The number of aliphatic carboxylic acids is 1. The minimum Gasteiger partial charge on any atom is -0.481 e. The highest BCUT2D eigenvalue weighted by molar-refractivity contribution is 5.66. The van der Waals surface area contributed by atoms with Crippen LogP contribution in [0.1, 0.15) is 40.5 Å². The topological polar surface area (TPSA) is 49.8 Å². The molecule has 16 heavy (non-hydrogen) atoms. The zero-order chi connectivity index (χ0) is 13.0. The number of carbonyl (C=O) groups is 1. The van der Waals surface area contributed by atoms with Crippen molar-refractivity contribution in [3.63, 3.8) is 0 Å². The van der Waals surface area contributed by atoms with Crippen LogP contribution in [0.3, 0.4) is 0 Å². The average Bonchev–Trinajstić information content (AvgIpc) is 2.32. The maximum absolute atomic E-state index is 10.3. The van der Waals surface area contributed by atoms with E-state index in [2.05, 4.69) is 4.90 Å². The Morgan fingerprint density at radius 2 is 1.94 bits per heavy atom. The predicted octanol–water partition coefficient (Wildman–Crippen LogP) is 2.23. The monoisotopic (exact) mass is 233 g/mol. The number of hydrogen-bond donors (Lipinski definition) is 1. The van der Waals surface area contributed by atoms with E-state index in [1.807, 2.05) is 34.7 Å². The number of carboxylic acid groups (broad SMARTS) is 1. The number of carboxylic acids is 1. The summed E-state index contributed by atoms with van der Waals surface area (Å²) < 4.78 is 5.39. The number of morpholine rings is 1. The van der Waals surface area contributed by atoms with Crippen molar-refractivity contribution >= 4 is 5.97 Å². The van der Waals surface area contributed by atoms with E-state index in [1.165, 1.54) is 0 Å². The fraction of sp³-hybridized carbons (Fsp3) is 0.917. The summed E-state index contributed by atoms with van der Waals surface area (Å²) in [5.41, 5.74) is 0. The van der Waals surface area contributed by atoms with E-state index in [9.17, 15) is 4.79 Å². The van der Waals surface area contributed by atoms with Crippen LogP contribution in [0.5, 0.6) is 0 Å². The fourth-order valence-electron chi connectivity index (χ4n) is 1.33. The van der Waals surface area contributed by atoms with Gasteiger partial charge in [0.25, 0.3) is 0 Å². The normalized spacial score (nSPS) is 19.9. The number of ether oxygens (including phenoxy) is 1. The van der Waals surface area contributed by atoms with Gasteiger partial charge in [-0.25, -0.2) is 0 Å². The van der Waals surface area contributed by atoms with Gasteiger partial charge in [0.05, 0.1) is 12.7 Å². The Balaban J connectivity index is 0. The van der Waals surface area contributed by atoms with E-state index >= 15 is 0 Å². The van der Waals surface area contributed by atoms with Crippen LogP contribution in [-0.2, 0) is 9.53 Å². The van der Waals surface area contributed by atoms with Crippen molar-refractivity contribution < 1.29 is 14.6 Å². The second-order valence-electron chi connectivity index (χ2n) is 3.19. The quantitative estimate of drug-likeness (QED) is 0.812. The molecular weight excluding hydrogens is 206 g/mol. The molecule has 1 saturated heterocycles. The van der Waals surface area contributed by atoms with Gasteiger partial charge in [-0.05, 0) is 13.5 Å². The molecule has 0 amide bonds. The summed E-state index contributed by atoms with van der Waals surface area (Å²) in [6.07, 6.45) is 0.942. The van der Waals surface area contributed by atoms with Crippen molar-refractivity contribution in [1.29, 1.82) is 0 Å². The molecule has 1 N–H and O–H groups in total. The molecule has 4 nitrogen and oxygen atoms in total. The van der Waals surface area contributed by atoms with Crippen LogP contribution in [0.4, 0.5) is 0 Å². The summed E-state index contributed by atoms with van der Waals surface area (Å²) in [5, 5.41) is 8.44. The van der Waals surface area contributed by atoms with Crippen molar-refractivity contribution in [3.8, 4) is 0 Å². The number of rotatable bonds is 3. The summed E-state index contributed by atoms with van der Waals surface area (Å²) in [5.74, 6) is -0.744. The molecule has 0 radical (unpaired) electrons. The highest BCUT2D eigenvalue weighted by atomic mass is 16.5. The summed E-state index contributed by atoms with van der Waals surface area (Å²) in [6.45, 7) is 10.5. The van der Waals surface area contributed by atoms with E-state index in [4.69, 9.17) is 9.84 Å². The summed E-state index contributed by atoms with van der Waals surface area (Å²) >= 11 is 0. The first-order valence-corrected chi connectivity index (χ1v) is 6.20. The molecule has 0 aromatic carbocycles. The molecule has 1 heterocycles. The Morgan fingerprint density at radius 3 is 2.38 bits per heavy atom. The van der Waals surface area contributed by atoms with Crippen molar-refractivity contribution in [2.24, 2.45) is 0 Å². The molecule has 0 unspecified atom stereocenters. The maximum Gasteiger partial charge on any atom is 0.303 e. The Bertz CT molecular complexity index is 162. The first-order valence-electron chi connectivity index (χ1n) is 6.20. The average molecular weight is 233 g/mol. The molecule has 0 aliphatic carbocycles. The van der Waals surface area contributed by atoms with Crippen LogP contribution in [0.15, 0.2) is 0 Å². The van der Waals surface area contributed by atoms with E-state index in [-0.39, 0.29) is 12.5 Å². The van der Waals surface area contributed by atoms with E-state index in [0.717, 1.165) is 19.7 Å². The van der Waals surface area contributed by atoms with Gasteiger partial charge in [0.1, 0.15) is 0 Å². The number of hydrogen-bond acceptors (Lipinski definition) is 3. The lowest BCUT2D eigenvalue weighted by molar-refractivity contribution is -0.138. The fourth-order valence-corrected chi connectivity index (χ4v) is 1.33. The summed E-state index contributed by atoms with van der Waals surface area (Å²) in [4.78, 5) is 12.4. The molecule has 1 fully saturated rings. The van der Waals surface area contributed by atoms with Crippen molar-refractivity contribution in [3.05, 3.63) is 0 Å². The molecule has 0 bridgehead atoms. The first-order chi connectivity index (χ1) is 7.68. The zero-order valence-corrected chi connectivity index (χ0v) is 11.3. The minimum absolute atomic E-state index is 0.111. The van der Waals surface area contributed by atoms with Crippen molar-refractivity contribution in [1.82, 2.24) is 4.90 Å². The molecular formula is C12H27NO3. The standard InChI is InChI=1S/C8H15NO3.2C2H6/c1-9-4-5-12-7(6-9)2-3-8(10)11;2*1-2/h7H,2-6H2,1H3,(H,10,11);2*1-2H3/t7-;;/m1../s1. The lowest BCUT2D eigenvalue weighted by Gasteiger charge is -2.29. The molecule has 0 saturated carbocycles. The highest BCUT2D eigenvalue weighted by Gasteiger charge is 2.17. The third kappa shape index (κ3) is 9.93. The van der Waals surface area contributed by atoms with Gasteiger partial charge in [0.15, 0.2) is 0 Å². The third-order valence-corrected chi connectivity index (χ3v) is 2.02. The molecule has 1 aliphatic rings. The van der Waals surface area contributed by atoms with Crippen LogP contribution in [0.2, 0.25) is 0 Å². The highest BCUT2D eigenvalue weighted by Crippen LogP contribution is 2.08. The van der Waals surface area contributed by atoms with Gasteiger partial charge in [0.2, 0.25) is 0 Å². The van der Waals surface area contributed by atoms with Gasteiger partial charge in [-0.2, -0.15) is 0 Å². The molecule has 1 atom stereocenters. The molecule has 4 heteroatoms. The van der Waals surface area contributed by atoms with E-state index < -0.39 is 5.97 Å². The van der Waals surface area contributed by atoms with E-state index in [1.54, 1.807) is 0 Å². The number of likely N-dealkylation sites (N-methyl/N-ethyl adjacent to an activating group) is 1. The molecule has 98 valence electrons. The van der Waals surface area contributed by atoms with Gasteiger partial charge in [-0.15, -0.1) is 0 Å². The first kappa shape index (κ1) is 17.8. The Kier molecular flexibility index (Phi) is 13.8. The van der Waals surface area contributed by atoms with Crippen LogP contribution in [0, 0.1) is 0 Å². The third-order valence-electron chi connectivity index (χ3n) is 2.02. The van der Waals surface area contributed by atoms with Crippen LogP contribution in [0.25, 0.3) is 0 Å². The summed E-state index contributed by atoms with van der Waals surface area (Å²) in [6, 6.07) is 0. The van der Waals surface area contributed by atoms with Crippen molar-refractivity contribution in [2.75, 3.05) is 26.7 Å². The molecule has 1 aliphatic heterocycles. The van der Waals surface area contributed by atoms with Gasteiger partial charge in [-0.3, -0.25) is 4.79 Å². The minimum atomic E-state index is -0.744. The van der Waals surface area contributed by atoms with Gasteiger partial charge >= 0.3 is 5.97 Å². The second kappa shape index (κ2) is 12.5. The predicted molar refractivity (Wildman–Crippen MR) is 66.8 cm³/mol. The van der Waals surface area contributed by atoms with Crippen molar-refractivity contribution in [2.45, 2.75) is 46.6 Å². The zero-order valence-electron chi connectivity index (χ0n) is 11.3. The van der Waals surface area contributed by atoms with Crippen LogP contribution in [-0.4, -0.2) is 48.8 Å². The second-order valence-corrected chi connectivity index (χ2v) is 3.19. The lowest BCUT2D eigenvalue weighted by Crippen LogP contribution is -2.40. The largest absolute Gasteiger partial charge is 0.481 e. The lowest BCUT2D eigenvalue weighted by atomic mass is 10.1. The maximum atomic E-state index is 10.3. The molecule has 0 aromatic heterocycles. The Labute approximate surface area is 99.6 Å². The van der Waals surface area contributed by atoms with E-state index in [0.29, 0.717) is 6.42 Å². The van der Waals surface area contributed by atoms with Gasteiger partial charge in [0, 0.05) is 19.5 Å². The SMILES string of the molecule is CC.CC.CN1CCO[C@H](CCC(=O)O)C1. The van der Waals surface area contributed by atoms with Crippen LogP contribution >= 0.6 is 0 Å². The van der Waals surface area contributed by atoms with Gasteiger partial charge in [-0.1, -0.05) is 27.7 Å². The van der Waals surface area contributed by atoms with Crippen LogP contribution < -0.4 is 0 Å². The molecule has 0 spiro atoms. The molecule has 1 rings (SSSR count). The molecule has 0 aromatic rings. The smallest absolute Gasteiger partial charge is 0.303 e. The van der Waals surface area contributed by atoms with Gasteiger partial charge < -0.3 is 14.7 Å². The number of nitrogens with zero attached hydrogens (tertiary/aromatic N) is 1. The Morgan fingerprint density at radius 1 is 1.38 bits per heavy atom. The summed E-state index contributed by atoms with van der Waals surface area (Å²) in [7, 11) is 2.02. The Hall–Kier alpha value is -0.610.